The Bertz CT molecular complexity index is 3190. The summed E-state index contributed by atoms with van der Waals surface area (Å²) in [5.41, 5.74) is 18.3. The van der Waals surface area contributed by atoms with Gasteiger partial charge in [0.15, 0.2) is 5.82 Å². The number of rotatable bonds is 5. The van der Waals surface area contributed by atoms with Gasteiger partial charge in [-0.05, 0) is 79.9 Å². The predicted molar refractivity (Wildman–Crippen MR) is 235 cm³/mol. The number of furan rings is 1. The van der Waals surface area contributed by atoms with Crippen molar-refractivity contribution in [2.24, 2.45) is 0 Å². The largest absolute Gasteiger partial charge is 0.459 e. The smallest absolute Gasteiger partial charge is 0.160 e. The van der Waals surface area contributed by atoms with E-state index >= 15 is 0 Å². The molecule has 58 heavy (non-hydrogen) atoms. The zero-order valence-electron chi connectivity index (χ0n) is 31.4. The van der Waals surface area contributed by atoms with E-state index < -0.39 is 5.41 Å². The van der Waals surface area contributed by atoms with Crippen molar-refractivity contribution in [2.45, 2.75) is 5.41 Å². The van der Waals surface area contributed by atoms with Crippen LogP contribution in [0.1, 0.15) is 22.5 Å². The first-order valence-corrected chi connectivity index (χ1v) is 19.8. The monoisotopic (exact) mass is 738 g/mol. The minimum absolute atomic E-state index is 0.583. The van der Waals surface area contributed by atoms with E-state index in [1.54, 1.807) is 0 Å². The lowest BCUT2D eigenvalue weighted by molar-refractivity contribution is 0.507. The van der Waals surface area contributed by atoms with Crippen LogP contribution in [0.15, 0.2) is 211 Å². The third-order valence-electron chi connectivity index (χ3n) is 12.1. The first-order valence-electron chi connectivity index (χ1n) is 19.8. The molecular weight excluding hydrogens is 705 g/mol. The van der Waals surface area contributed by atoms with Gasteiger partial charge in [0.05, 0.1) is 11.4 Å². The van der Waals surface area contributed by atoms with Crippen molar-refractivity contribution in [3.63, 3.8) is 0 Å². The molecule has 0 bridgehead atoms. The van der Waals surface area contributed by atoms with Crippen molar-refractivity contribution >= 4 is 11.0 Å². The lowest BCUT2D eigenvalue weighted by Crippen LogP contribution is -2.25. The Labute approximate surface area is 336 Å². The van der Waals surface area contributed by atoms with E-state index in [1.165, 1.54) is 44.5 Å². The molecule has 0 unspecified atom stereocenters. The molecule has 0 N–H and O–H groups in total. The van der Waals surface area contributed by atoms with E-state index in [9.17, 15) is 0 Å². The second-order valence-corrected chi connectivity index (χ2v) is 15.2. The number of nitrogens with zero attached hydrogens (tertiary/aromatic N) is 2. The van der Waals surface area contributed by atoms with Gasteiger partial charge in [0.2, 0.25) is 0 Å². The molecule has 0 radical (unpaired) electrons. The van der Waals surface area contributed by atoms with E-state index in [-0.39, 0.29) is 0 Å². The molecule has 0 saturated heterocycles. The minimum Gasteiger partial charge on any atom is -0.459 e. The predicted octanol–water partition coefficient (Wildman–Crippen LogP) is 13.9. The molecule has 270 valence electrons. The van der Waals surface area contributed by atoms with Gasteiger partial charge in [-0.2, -0.15) is 0 Å². The average Bonchev–Trinajstić information content (AvgIpc) is 3.93. The summed E-state index contributed by atoms with van der Waals surface area (Å²) in [5, 5.41) is 1.13. The van der Waals surface area contributed by atoms with Gasteiger partial charge in [0, 0.05) is 27.6 Å². The molecule has 2 aliphatic rings. The van der Waals surface area contributed by atoms with Crippen LogP contribution in [0, 0.1) is 0 Å². The molecule has 0 amide bonds. The van der Waals surface area contributed by atoms with Crippen LogP contribution in [-0.4, -0.2) is 9.97 Å². The minimum atomic E-state index is -0.583. The van der Waals surface area contributed by atoms with E-state index in [0.29, 0.717) is 5.82 Å². The maximum Gasteiger partial charge on any atom is 0.160 e. The molecule has 3 nitrogen and oxygen atoms in total. The van der Waals surface area contributed by atoms with Crippen molar-refractivity contribution < 1.29 is 4.42 Å². The van der Waals surface area contributed by atoms with Crippen molar-refractivity contribution in [1.82, 2.24) is 9.97 Å². The number of hydrogen-bond donors (Lipinski definition) is 0. The molecule has 2 aromatic heterocycles. The lowest BCUT2D eigenvalue weighted by Gasteiger charge is -2.28. The van der Waals surface area contributed by atoms with Crippen LogP contribution in [0.25, 0.3) is 89.4 Å². The Kier molecular flexibility index (Phi) is 7.14. The fourth-order valence-corrected chi connectivity index (χ4v) is 9.62. The van der Waals surface area contributed by atoms with Gasteiger partial charge in [0.25, 0.3) is 0 Å². The summed E-state index contributed by atoms with van der Waals surface area (Å²) in [6.45, 7) is 0. The molecule has 2 aliphatic carbocycles. The van der Waals surface area contributed by atoms with Crippen LogP contribution >= 0.6 is 0 Å². The quantitative estimate of drug-likeness (QED) is 0.176. The number of hydrogen-bond acceptors (Lipinski definition) is 3. The Balaban J connectivity index is 1.07. The van der Waals surface area contributed by atoms with Crippen LogP contribution in [0.5, 0.6) is 0 Å². The van der Waals surface area contributed by atoms with Gasteiger partial charge < -0.3 is 4.42 Å². The average molecular weight is 739 g/mol. The number of para-hydroxylation sites is 1. The van der Waals surface area contributed by atoms with Crippen molar-refractivity contribution in [2.75, 3.05) is 0 Å². The summed E-state index contributed by atoms with van der Waals surface area (Å²) < 4.78 is 7.06. The number of aromatic nitrogens is 2. The zero-order chi connectivity index (χ0) is 38.2. The summed E-state index contributed by atoms with van der Waals surface area (Å²) in [7, 11) is 0. The molecular formula is C55H34N2O. The molecule has 0 fully saturated rings. The summed E-state index contributed by atoms with van der Waals surface area (Å²) in [4.78, 5) is 10.5. The maximum absolute atomic E-state index is 7.06. The van der Waals surface area contributed by atoms with Crippen molar-refractivity contribution in [3.8, 4) is 78.4 Å². The number of fused-ring (bicyclic) bond motifs is 12. The first-order chi connectivity index (χ1) is 28.8. The van der Waals surface area contributed by atoms with Gasteiger partial charge in [-0.25, -0.2) is 9.97 Å². The Morgan fingerprint density at radius 2 is 0.862 bits per heavy atom. The topological polar surface area (TPSA) is 38.9 Å². The highest BCUT2D eigenvalue weighted by atomic mass is 16.3. The summed E-state index contributed by atoms with van der Waals surface area (Å²) in [6.07, 6.45) is 0. The molecule has 8 aromatic carbocycles. The molecule has 10 aromatic rings. The SMILES string of the molecule is c1ccc(-c2cccc(-c3cc(-c4ccccc4)nc(-c4cccc(-c5cccc6c5-c5c(oc7ccccc57)C65c6ccccc6-c6ccccc65)c4)n3)c2)cc1. The molecule has 0 aliphatic heterocycles. The molecule has 1 spiro atoms. The molecule has 12 rings (SSSR count). The van der Waals surface area contributed by atoms with E-state index in [2.05, 4.69) is 200 Å². The molecule has 0 saturated carbocycles. The van der Waals surface area contributed by atoms with E-state index in [4.69, 9.17) is 14.4 Å². The maximum atomic E-state index is 7.06. The third kappa shape index (κ3) is 4.74. The highest BCUT2D eigenvalue weighted by Gasteiger charge is 2.55. The van der Waals surface area contributed by atoms with Gasteiger partial charge >= 0.3 is 0 Å². The normalized spacial score (nSPS) is 13.0. The summed E-state index contributed by atoms with van der Waals surface area (Å²) in [6, 6.07) is 73.3. The fourth-order valence-electron chi connectivity index (χ4n) is 9.62. The van der Waals surface area contributed by atoms with Crippen LogP contribution in [0.2, 0.25) is 0 Å². The second-order valence-electron chi connectivity index (χ2n) is 15.2. The van der Waals surface area contributed by atoms with Crippen LogP contribution in [0.4, 0.5) is 0 Å². The standard InChI is InChI=1S/C55H34N2O/c1-3-16-35(17-4-1)37-20-13-22-39(32-37)49-34-48(36-18-5-2-6-19-36)56-54(57-49)40-23-14-21-38(33-40)41-27-15-30-47-51(41)52-44-26-9-12-31-50(44)58-53(52)55(47)45-28-10-7-24-42(45)43-25-8-11-29-46(43)55/h1-34H. The van der Waals surface area contributed by atoms with Crippen LogP contribution < -0.4 is 0 Å². The van der Waals surface area contributed by atoms with Crippen LogP contribution in [-0.2, 0) is 5.41 Å². The van der Waals surface area contributed by atoms with Crippen molar-refractivity contribution in [1.29, 1.82) is 0 Å². The lowest BCUT2D eigenvalue weighted by atomic mass is 9.73. The fraction of sp³-hybridized carbons (Fsp3) is 0.0182. The Hall–Kier alpha value is -7.62. The van der Waals surface area contributed by atoms with Gasteiger partial charge in [-0.3, -0.25) is 0 Å². The first kappa shape index (κ1) is 32.6. The van der Waals surface area contributed by atoms with E-state index in [0.717, 1.165) is 61.5 Å². The second kappa shape index (κ2) is 12.7. The molecule has 3 heteroatoms. The van der Waals surface area contributed by atoms with Gasteiger partial charge in [0.1, 0.15) is 16.8 Å². The summed E-state index contributed by atoms with van der Waals surface area (Å²) in [5.74, 6) is 1.67. The van der Waals surface area contributed by atoms with Crippen molar-refractivity contribution in [3.05, 3.63) is 229 Å². The zero-order valence-corrected chi connectivity index (χ0v) is 31.4. The van der Waals surface area contributed by atoms with Gasteiger partial charge in [-0.15, -0.1) is 0 Å². The third-order valence-corrected chi connectivity index (χ3v) is 12.1. The Morgan fingerprint density at radius 1 is 0.345 bits per heavy atom. The summed E-state index contributed by atoms with van der Waals surface area (Å²) >= 11 is 0. The van der Waals surface area contributed by atoms with E-state index in [1.807, 2.05) is 6.07 Å². The molecule has 0 atom stereocenters. The van der Waals surface area contributed by atoms with Gasteiger partial charge in [-0.1, -0.05) is 182 Å². The Morgan fingerprint density at radius 3 is 1.62 bits per heavy atom. The number of benzene rings is 8. The highest BCUT2D eigenvalue weighted by molar-refractivity contribution is 6.08. The van der Waals surface area contributed by atoms with Crippen LogP contribution in [0.3, 0.4) is 0 Å². The molecule has 2 heterocycles. The highest BCUT2D eigenvalue weighted by Crippen LogP contribution is 2.65.